The molecule has 0 saturated carbocycles. The molecule has 0 aliphatic rings. The van der Waals surface area contributed by atoms with Crippen LogP contribution in [-0.2, 0) is 13.1 Å². The van der Waals surface area contributed by atoms with E-state index >= 15 is 0 Å². The number of aromatic nitrogens is 3. The Hall–Kier alpha value is -3.28. The molecule has 1 N–H and O–H groups in total. The standard InChI is InChI=1S/C20H20N4O2/c1-3-23-10-8-19(22-23)21-20(25)17-12-18-16(9-11-26-18)24(17)13-15-6-4-14(2)5-7-15/h4-12H,3,13H2,1-2H3,(H,21,22,25). The number of anilines is 1. The third-order valence-corrected chi connectivity index (χ3v) is 4.42. The lowest BCUT2D eigenvalue weighted by molar-refractivity contribution is 0.101. The van der Waals surface area contributed by atoms with Crippen LogP contribution in [0.1, 0.15) is 28.5 Å². The van der Waals surface area contributed by atoms with E-state index in [2.05, 4.69) is 41.6 Å². The van der Waals surface area contributed by atoms with E-state index in [0.717, 1.165) is 17.6 Å². The molecule has 3 aromatic heterocycles. The summed E-state index contributed by atoms with van der Waals surface area (Å²) in [6, 6.07) is 13.7. The highest BCUT2D eigenvalue weighted by molar-refractivity contribution is 6.05. The molecule has 0 spiro atoms. The fourth-order valence-electron chi connectivity index (χ4n) is 3.00. The van der Waals surface area contributed by atoms with Crippen LogP contribution in [0.25, 0.3) is 11.1 Å². The molecule has 0 aliphatic carbocycles. The zero-order valence-corrected chi connectivity index (χ0v) is 14.8. The van der Waals surface area contributed by atoms with E-state index in [0.29, 0.717) is 23.6 Å². The maximum Gasteiger partial charge on any atom is 0.273 e. The van der Waals surface area contributed by atoms with Crippen molar-refractivity contribution in [2.45, 2.75) is 26.9 Å². The van der Waals surface area contributed by atoms with Crippen LogP contribution in [0.2, 0.25) is 0 Å². The Balaban J connectivity index is 1.66. The minimum absolute atomic E-state index is 0.204. The molecule has 0 fully saturated rings. The molecule has 6 heteroatoms. The second-order valence-corrected chi connectivity index (χ2v) is 6.28. The van der Waals surface area contributed by atoms with Crippen molar-refractivity contribution in [2.75, 3.05) is 5.32 Å². The van der Waals surface area contributed by atoms with Gasteiger partial charge in [-0.25, -0.2) is 0 Å². The molecule has 26 heavy (non-hydrogen) atoms. The number of nitrogens with zero attached hydrogens (tertiary/aromatic N) is 3. The van der Waals surface area contributed by atoms with Crippen LogP contribution in [0.4, 0.5) is 5.82 Å². The van der Waals surface area contributed by atoms with E-state index < -0.39 is 0 Å². The van der Waals surface area contributed by atoms with Crippen molar-refractivity contribution in [3.8, 4) is 0 Å². The van der Waals surface area contributed by atoms with E-state index in [4.69, 9.17) is 4.42 Å². The van der Waals surface area contributed by atoms with Gasteiger partial charge in [0.05, 0.1) is 11.8 Å². The Labute approximate surface area is 151 Å². The number of aryl methyl sites for hydroxylation is 2. The number of furan rings is 1. The summed E-state index contributed by atoms with van der Waals surface area (Å²) in [7, 11) is 0. The van der Waals surface area contributed by atoms with Gasteiger partial charge in [0.1, 0.15) is 5.69 Å². The summed E-state index contributed by atoms with van der Waals surface area (Å²) in [5, 5.41) is 7.18. The molecule has 1 aromatic carbocycles. The van der Waals surface area contributed by atoms with Crippen LogP contribution < -0.4 is 5.32 Å². The molecular formula is C20H20N4O2. The van der Waals surface area contributed by atoms with Gasteiger partial charge in [0, 0.05) is 37.5 Å². The SMILES string of the molecule is CCn1ccc(NC(=O)c2cc3occc3n2Cc2ccc(C)cc2)n1. The average Bonchev–Trinajstić information content (AvgIpc) is 3.34. The Morgan fingerprint density at radius 1 is 1.19 bits per heavy atom. The highest BCUT2D eigenvalue weighted by Crippen LogP contribution is 2.23. The van der Waals surface area contributed by atoms with Crippen molar-refractivity contribution < 1.29 is 9.21 Å². The largest absolute Gasteiger partial charge is 0.463 e. The zero-order valence-electron chi connectivity index (χ0n) is 14.8. The van der Waals surface area contributed by atoms with Crippen LogP contribution in [0.15, 0.2) is 59.3 Å². The number of carbonyl (C=O) groups excluding carboxylic acids is 1. The minimum Gasteiger partial charge on any atom is -0.463 e. The number of amides is 1. The van der Waals surface area contributed by atoms with E-state index in [1.54, 1.807) is 23.1 Å². The van der Waals surface area contributed by atoms with Gasteiger partial charge in [-0.15, -0.1) is 0 Å². The van der Waals surface area contributed by atoms with Gasteiger partial charge in [-0.3, -0.25) is 9.48 Å². The number of nitrogens with one attached hydrogen (secondary N) is 1. The van der Waals surface area contributed by atoms with Crippen molar-refractivity contribution >= 4 is 22.8 Å². The number of hydrogen-bond acceptors (Lipinski definition) is 3. The van der Waals surface area contributed by atoms with Crippen LogP contribution >= 0.6 is 0 Å². The van der Waals surface area contributed by atoms with E-state index in [1.807, 2.05) is 23.8 Å². The third-order valence-electron chi connectivity index (χ3n) is 4.42. The fourth-order valence-corrected chi connectivity index (χ4v) is 3.00. The summed E-state index contributed by atoms with van der Waals surface area (Å²) in [5.41, 5.74) is 4.47. The second kappa shape index (κ2) is 6.55. The summed E-state index contributed by atoms with van der Waals surface area (Å²) >= 11 is 0. The van der Waals surface area contributed by atoms with Crippen LogP contribution in [0.5, 0.6) is 0 Å². The number of rotatable bonds is 5. The quantitative estimate of drug-likeness (QED) is 0.591. The zero-order chi connectivity index (χ0) is 18.1. The highest BCUT2D eigenvalue weighted by atomic mass is 16.3. The molecule has 0 atom stereocenters. The molecule has 132 valence electrons. The van der Waals surface area contributed by atoms with Crippen LogP contribution in [0, 0.1) is 6.92 Å². The normalized spacial score (nSPS) is 11.2. The first kappa shape index (κ1) is 16.2. The third kappa shape index (κ3) is 3.01. The number of carbonyl (C=O) groups is 1. The molecule has 0 bridgehead atoms. The summed E-state index contributed by atoms with van der Waals surface area (Å²) in [5.74, 6) is 0.335. The molecular weight excluding hydrogens is 328 g/mol. The molecule has 3 heterocycles. The fraction of sp³-hybridized carbons (Fsp3) is 0.200. The Morgan fingerprint density at radius 2 is 2.00 bits per heavy atom. The van der Waals surface area contributed by atoms with Gasteiger partial charge in [-0.1, -0.05) is 29.8 Å². The monoisotopic (exact) mass is 348 g/mol. The molecule has 6 nitrogen and oxygen atoms in total. The van der Waals surface area contributed by atoms with Crippen molar-refractivity contribution in [2.24, 2.45) is 0 Å². The van der Waals surface area contributed by atoms with Crippen LogP contribution in [0.3, 0.4) is 0 Å². The van der Waals surface area contributed by atoms with Gasteiger partial charge in [0.15, 0.2) is 11.4 Å². The predicted molar refractivity (Wildman–Crippen MR) is 100 cm³/mol. The maximum atomic E-state index is 12.8. The van der Waals surface area contributed by atoms with Crippen molar-refractivity contribution in [3.05, 3.63) is 71.7 Å². The molecule has 4 aromatic rings. The molecule has 0 aliphatic heterocycles. The summed E-state index contributed by atoms with van der Waals surface area (Å²) in [6.07, 6.45) is 3.48. The van der Waals surface area contributed by atoms with Crippen molar-refractivity contribution in [1.29, 1.82) is 0 Å². The Kier molecular flexibility index (Phi) is 4.08. The van der Waals surface area contributed by atoms with Gasteiger partial charge in [0.2, 0.25) is 0 Å². The maximum absolute atomic E-state index is 12.8. The molecule has 0 radical (unpaired) electrons. The summed E-state index contributed by atoms with van der Waals surface area (Å²) in [4.78, 5) is 12.8. The lowest BCUT2D eigenvalue weighted by Gasteiger charge is -2.10. The van der Waals surface area contributed by atoms with Gasteiger partial charge >= 0.3 is 0 Å². The number of benzene rings is 1. The Bertz CT molecular complexity index is 1050. The highest BCUT2D eigenvalue weighted by Gasteiger charge is 2.18. The molecule has 4 rings (SSSR count). The topological polar surface area (TPSA) is 65.0 Å². The first-order valence-corrected chi connectivity index (χ1v) is 8.61. The van der Waals surface area contributed by atoms with E-state index in [-0.39, 0.29) is 5.91 Å². The van der Waals surface area contributed by atoms with Gasteiger partial charge < -0.3 is 14.3 Å². The molecule has 1 amide bonds. The first-order chi connectivity index (χ1) is 12.6. The number of fused-ring (bicyclic) bond motifs is 1. The van der Waals surface area contributed by atoms with Crippen LogP contribution in [-0.4, -0.2) is 20.3 Å². The summed E-state index contributed by atoms with van der Waals surface area (Å²) in [6.45, 7) is 5.41. The second-order valence-electron chi connectivity index (χ2n) is 6.28. The summed E-state index contributed by atoms with van der Waals surface area (Å²) < 4.78 is 9.24. The Morgan fingerprint density at radius 3 is 2.73 bits per heavy atom. The lowest BCUT2D eigenvalue weighted by atomic mass is 10.1. The van der Waals surface area contributed by atoms with Crippen molar-refractivity contribution in [3.63, 3.8) is 0 Å². The van der Waals surface area contributed by atoms with Gasteiger partial charge in [-0.05, 0) is 19.4 Å². The smallest absolute Gasteiger partial charge is 0.273 e. The van der Waals surface area contributed by atoms with Crippen molar-refractivity contribution in [1.82, 2.24) is 14.3 Å². The van der Waals surface area contributed by atoms with Gasteiger partial charge in [-0.2, -0.15) is 5.10 Å². The van der Waals surface area contributed by atoms with Gasteiger partial charge in [0.25, 0.3) is 5.91 Å². The molecule has 0 saturated heterocycles. The molecule has 0 unspecified atom stereocenters. The minimum atomic E-state index is -0.204. The first-order valence-electron chi connectivity index (χ1n) is 8.61. The van der Waals surface area contributed by atoms with E-state index in [9.17, 15) is 4.79 Å². The van der Waals surface area contributed by atoms with E-state index in [1.165, 1.54) is 5.56 Å². The predicted octanol–water partition coefficient (Wildman–Crippen LogP) is 4.06. The number of hydrogen-bond donors (Lipinski definition) is 1. The lowest BCUT2D eigenvalue weighted by Crippen LogP contribution is -2.18. The average molecular weight is 348 g/mol.